The standard InChI is InChI=1S/C32H40O6/c1-7-37-27(33)11-9-17-31(3,4)21-13-15-23-25(19-21)29(35)24-16-14-22(20-26(24)30(23)36)32(5,6)18-10-12-28(34)38-8-2/h13-16,19-20H,7-12,17-18H2,1-6H3. The van der Waals surface area contributed by atoms with E-state index in [0.717, 1.165) is 24.0 Å². The number of benzene rings is 2. The van der Waals surface area contributed by atoms with Gasteiger partial charge in [0.15, 0.2) is 11.6 Å². The highest BCUT2D eigenvalue weighted by molar-refractivity contribution is 6.28. The van der Waals surface area contributed by atoms with Gasteiger partial charge in [0.25, 0.3) is 0 Å². The minimum absolute atomic E-state index is 0.148. The lowest BCUT2D eigenvalue weighted by molar-refractivity contribution is -0.144. The molecule has 0 fully saturated rings. The zero-order valence-corrected chi connectivity index (χ0v) is 23.6. The van der Waals surface area contributed by atoms with E-state index in [1.807, 2.05) is 24.3 Å². The van der Waals surface area contributed by atoms with Crippen molar-refractivity contribution in [2.75, 3.05) is 13.2 Å². The van der Waals surface area contributed by atoms with Gasteiger partial charge in [-0.25, -0.2) is 0 Å². The van der Waals surface area contributed by atoms with Crippen LogP contribution in [0.25, 0.3) is 0 Å². The number of hydrogen-bond acceptors (Lipinski definition) is 6. The highest BCUT2D eigenvalue weighted by Crippen LogP contribution is 2.37. The highest BCUT2D eigenvalue weighted by atomic mass is 16.5. The second-order valence-electron chi connectivity index (χ2n) is 11.3. The molecule has 0 bridgehead atoms. The predicted octanol–water partition coefficient (Wildman–Crippen LogP) is 6.48. The Bertz CT molecular complexity index is 1120. The number of ketones is 2. The van der Waals surface area contributed by atoms with Crippen molar-refractivity contribution >= 4 is 23.5 Å². The summed E-state index contributed by atoms with van der Waals surface area (Å²) in [5.74, 6) is -0.698. The molecule has 0 spiro atoms. The minimum atomic E-state index is -0.275. The molecular weight excluding hydrogens is 480 g/mol. The monoisotopic (exact) mass is 520 g/mol. The van der Waals surface area contributed by atoms with Crippen LogP contribution in [-0.4, -0.2) is 36.7 Å². The van der Waals surface area contributed by atoms with Gasteiger partial charge in [-0.2, -0.15) is 0 Å². The molecule has 3 rings (SSSR count). The largest absolute Gasteiger partial charge is 0.466 e. The molecule has 0 amide bonds. The van der Waals surface area contributed by atoms with Crippen LogP contribution < -0.4 is 0 Å². The smallest absolute Gasteiger partial charge is 0.305 e. The normalized spacial score (nSPS) is 13.1. The van der Waals surface area contributed by atoms with Gasteiger partial charge >= 0.3 is 11.9 Å². The van der Waals surface area contributed by atoms with Gasteiger partial charge in [0.1, 0.15) is 0 Å². The summed E-state index contributed by atoms with van der Waals surface area (Å²) >= 11 is 0. The molecular formula is C32H40O6. The molecule has 0 radical (unpaired) electrons. The Labute approximate surface area is 226 Å². The van der Waals surface area contributed by atoms with E-state index in [0.29, 0.717) is 61.2 Å². The lowest BCUT2D eigenvalue weighted by Gasteiger charge is -2.29. The summed E-state index contributed by atoms with van der Waals surface area (Å²) in [5, 5.41) is 0. The third-order valence-corrected chi connectivity index (χ3v) is 7.56. The Kier molecular flexibility index (Phi) is 9.29. The number of fused-ring (bicyclic) bond motifs is 2. The first-order chi connectivity index (χ1) is 17.9. The summed E-state index contributed by atoms with van der Waals surface area (Å²) in [5.41, 5.74) is 3.08. The quantitative estimate of drug-likeness (QED) is 0.254. The summed E-state index contributed by atoms with van der Waals surface area (Å²) in [7, 11) is 0. The Morgan fingerprint density at radius 2 is 1.00 bits per heavy atom. The van der Waals surface area contributed by atoms with Crippen molar-refractivity contribution in [3.8, 4) is 0 Å². The Morgan fingerprint density at radius 1 is 0.632 bits per heavy atom. The van der Waals surface area contributed by atoms with Gasteiger partial charge in [-0.1, -0.05) is 39.8 Å². The van der Waals surface area contributed by atoms with E-state index in [1.54, 1.807) is 26.0 Å². The zero-order valence-electron chi connectivity index (χ0n) is 23.6. The first-order valence-electron chi connectivity index (χ1n) is 13.6. The molecule has 38 heavy (non-hydrogen) atoms. The summed E-state index contributed by atoms with van der Waals surface area (Å²) in [4.78, 5) is 50.5. The van der Waals surface area contributed by atoms with Crippen molar-refractivity contribution in [3.05, 3.63) is 69.8 Å². The van der Waals surface area contributed by atoms with Crippen molar-refractivity contribution in [2.45, 2.75) is 90.9 Å². The number of hydrogen-bond donors (Lipinski definition) is 0. The van der Waals surface area contributed by atoms with Crippen LogP contribution in [0, 0.1) is 0 Å². The first-order valence-corrected chi connectivity index (χ1v) is 13.6. The van der Waals surface area contributed by atoms with E-state index in [2.05, 4.69) is 27.7 Å². The summed E-state index contributed by atoms with van der Waals surface area (Å²) in [6.07, 6.45) is 3.56. The van der Waals surface area contributed by atoms with Gasteiger partial charge in [0.2, 0.25) is 0 Å². The van der Waals surface area contributed by atoms with E-state index in [1.165, 1.54) is 0 Å². The van der Waals surface area contributed by atoms with Gasteiger partial charge in [0, 0.05) is 35.1 Å². The molecule has 1 aliphatic rings. The molecule has 6 heteroatoms. The van der Waals surface area contributed by atoms with Gasteiger partial charge in [-0.05, 0) is 85.8 Å². The van der Waals surface area contributed by atoms with Crippen LogP contribution in [0.5, 0.6) is 0 Å². The first kappa shape index (κ1) is 29.3. The Balaban J connectivity index is 1.79. The van der Waals surface area contributed by atoms with E-state index in [9.17, 15) is 19.2 Å². The summed E-state index contributed by atoms with van der Waals surface area (Å²) < 4.78 is 10.0. The Morgan fingerprint density at radius 3 is 1.34 bits per heavy atom. The third kappa shape index (κ3) is 6.58. The minimum Gasteiger partial charge on any atom is -0.466 e. The number of ether oxygens (including phenoxy) is 2. The molecule has 2 aromatic carbocycles. The molecule has 0 unspecified atom stereocenters. The maximum absolute atomic E-state index is 13.5. The fourth-order valence-corrected chi connectivity index (χ4v) is 5.10. The zero-order chi connectivity index (χ0) is 28.1. The number of carbonyl (C=O) groups excluding carboxylic acids is 4. The van der Waals surface area contributed by atoms with Gasteiger partial charge in [0.05, 0.1) is 13.2 Å². The molecule has 0 atom stereocenters. The van der Waals surface area contributed by atoms with Crippen LogP contribution in [-0.2, 0) is 29.9 Å². The highest BCUT2D eigenvalue weighted by Gasteiger charge is 2.33. The summed E-state index contributed by atoms with van der Waals surface area (Å²) in [6.45, 7) is 12.7. The fraction of sp³-hybridized carbons (Fsp3) is 0.500. The molecule has 0 aromatic heterocycles. The van der Waals surface area contributed by atoms with Crippen LogP contribution in [0.15, 0.2) is 36.4 Å². The van der Waals surface area contributed by atoms with Crippen molar-refractivity contribution in [3.63, 3.8) is 0 Å². The van der Waals surface area contributed by atoms with E-state index < -0.39 is 0 Å². The SMILES string of the molecule is CCOC(=O)CCCC(C)(C)c1ccc2c(c1)C(=O)c1ccc(C(C)(C)CCCC(=O)OCC)cc1C2=O. The van der Waals surface area contributed by atoms with E-state index in [4.69, 9.17) is 9.47 Å². The molecule has 0 N–H and O–H groups in total. The molecule has 6 nitrogen and oxygen atoms in total. The molecule has 0 aliphatic heterocycles. The molecule has 0 heterocycles. The lowest BCUT2D eigenvalue weighted by Crippen LogP contribution is -2.25. The van der Waals surface area contributed by atoms with Crippen LogP contribution in [0.1, 0.15) is 123 Å². The molecule has 0 saturated heterocycles. The van der Waals surface area contributed by atoms with Crippen LogP contribution in [0.4, 0.5) is 0 Å². The molecule has 1 aliphatic carbocycles. The van der Waals surface area contributed by atoms with Crippen molar-refractivity contribution < 1.29 is 28.7 Å². The maximum Gasteiger partial charge on any atom is 0.305 e. The average Bonchev–Trinajstić information content (AvgIpc) is 2.86. The fourth-order valence-electron chi connectivity index (χ4n) is 5.10. The topological polar surface area (TPSA) is 86.7 Å². The van der Waals surface area contributed by atoms with Gasteiger partial charge in [-0.15, -0.1) is 0 Å². The van der Waals surface area contributed by atoms with Crippen LogP contribution in [0.2, 0.25) is 0 Å². The van der Waals surface area contributed by atoms with Gasteiger partial charge in [-0.3, -0.25) is 19.2 Å². The summed E-state index contributed by atoms with van der Waals surface area (Å²) in [6, 6.07) is 11.0. The maximum atomic E-state index is 13.5. The number of carbonyl (C=O) groups is 4. The van der Waals surface area contributed by atoms with Crippen LogP contribution >= 0.6 is 0 Å². The second-order valence-corrected chi connectivity index (χ2v) is 11.3. The van der Waals surface area contributed by atoms with E-state index in [-0.39, 0.29) is 34.3 Å². The molecule has 0 saturated carbocycles. The van der Waals surface area contributed by atoms with Crippen molar-refractivity contribution in [1.29, 1.82) is 0 Å². The number of esters is 2. The Hall–Kier alpha value is -3.28. The molecule has 2 aromatic rings. The van der Waals surface area contributed by atoms with E-state index >= 15 is 0 Å². The number of rotatable bonds is 12. The third-order valence-electron chi connectivity index (χ3n) is 7.56. The predicted molar refractivity (Wildman–Crippen MR) is 147 cm³/mol. The van der Waals surface area contributed by atoms with Gasteiger partial charge < -0.3 is 9.47 Å². The molecule has 204 valence electrons. The lowest BCUT2D eigenvalue weighted by atomic mass is 9.74. The van der Waals surface area contributed by atoms with Crippen molar-refractivity contribution in [1.82, 2.24) is 0 Å². The van der Waals surface area contributed by atoms with Crippen LogP contribution in [0.3, 0.4) is 0 Å². The average molecular weight is 521 g/mol. The van der Waals surface area contributed by atoms with Crippen molar-refractivity contribution in [2.24, 2.45) is 0 Å². The second kappa shape index (κ2) is 12.1.